The number of anilines is 1. The maximum atomic E-state index is 12.3. The summed E-state index contributed by atoms with van der Waals surface area (Å²) in [4.78, 5) is 22.3. The molecule has 1 amide bonds. The van der Waals surface area contributed by atoms with Crippen LogP contribution in [0.1, 0.15) is 29.4 Å². The molecule has 1 aliphatic heterocycles. The van der Waals surface area contributed by atoms with E-state index in [2.05, 4.69) is 20.4 Å². The standard InChI is InChI=1S/C15H19ClN6O/c1-8-14(9(2)22(4)20-8)15-10(5-13(23)21(15)3)18-12-7-17-6-11(16)19-12/h6-7,10,15H,5H2,1-4H3,(H,18,19)/t10-,15-/m0/s1. The van der Waals surface area contributed by atoms with Crippen LogP contribution in [0.15, 0.2) is 12.4 Å². The van der Waals surface area contributed by atoms with Crippen molar-refractivity contribution in [3.8, 4) is 0 Å². The second-order valence-corrected chi connectivity index (χ2v) is 6.23. The molecule has 122 valence electrons. The summed E-state index contributed by atoms with van der Waals surface area (Å²) < 4.78 is 1.84. The molecule has 7 nitrogen and oxygen atoms in total. The Balaban J connectivity index is 1.97. The van der Waals surface area contributed by atoms with Crippen LogP contribution in [0.2, 0.25) is 5.15 Å². The number of aromatic nitrogens is 4. The predicted molar refractivity (Wildman–Crippen MR) is 87.3 cm³/mol. The van der Waals surface area contributed by atoms with Crippen molar-refractivity contribution in [3.05, 3.63) is 34.5 Å². The van der Waals surface area contributed by atoms with Gasteiger partial charge in [-0.15, -0.1) is 0 Å². The molecule has 2 atom stereocenters. The number of hydrogen-bond acceptors (Lipinski definition) is 5. The molecule has 0 radical (unpaired) electrons. The minimum atomic E-state index is -0.109. The zero-order valence-corrected chi connectivity index (χ0v) is 14.3. The Hall–Kier alpha value is -2.15. The van der Waals surface area contributed by atoms with Crippen LogP contribution in [-0.2, 0) is 11.8 Å². The summed E-state index contributed by atoms with van der Waals surface area (Å²) in [6, 6.07) is -0.209. The molecule has 23 heavy (non-hydrogen) atoms. The Kier molecular flexibility index (Phi) is 3.97. The highest BCUT2D eigenvalue weighted by molar-refractivity contribution is 6.29. The fraction of sp³-hybridized carbons (Fsp3) is 0.467. The molecule has 1 N–H and O–H groups in total. The van der Waals surface area contributed by atoms with Crippen molar-refractivity contribution in [3.63, 3.8) is 0 Å². The molecular weight excluding hydrogens is 316 g/mol. The number of hydrogen-bond donors (Lipinski definition) is 1. The highest BCUT2D eigenvalue weighted by Crippen LogP contribution is 2.36. The number of carbonyl (C=O) groups is 1. The lowest BCUT2D eigenvalue weighted by Crippen LogP contribution is -2.31. The maximum Gasteiger partial charge on any atom is 0.225 e. The van der Waals surface area contributed by atoms with Crippen molar-refractivity contribution < 1.29 is 4.79 Å². The topological polar surface area (TPSA) is 75.9 Å². The molecule has 1 fully saturated rings. The summed E-state index contributed by atoms with van der Waals surface area (Å²) in [5, 5.41) is 8.09. The second-order valence-electron chi connectivity index (χ2n) is 5.84. The van der Waals surface area contributed by atoms with Crippen LogP contribution in [0.4, 0.5) is 5.82 Å². The largest absolute Gasteiger partial charge is 0.363 e. The van der Waals surface area contributed by atoms with Crippen LogP contribution in [0.3, 0.4) is 0 Å². The van der Waals surface area contributed by atoms with Gasteiger partial charge in [0.25, 0.3) is 0 Å². The lowest BCUT2D eigenvalue weighted by molar-refractivity contribution is -0.127. The highest BCUT2D eigenvalue weighted by atomic mass is 35.5. The second kappa shape index (κ2) is 5.81. The molecule has 0 bridgehead atoms. The number of nitrogens with one attached hydrogen (secondary N) is 1. The van der Waals surface area contributed by atoms with Gasteiger partial charge in [0.05, 0.1) is 30.2 Å². The molecule has 0 unspecified atom stereocenters. The van der Waals surface area contributed by atoms with Gasteiger partial charge in [-0.25, -0.2) is 4.98 Å². The Labute approximate surface area is 139 Å². The van der Waals surface area contributed by atoms with Gasteiger partial charge >= 0.3 is 0 Å². The highest BCUT2D eigenvalue weighted by Gasteiger charge is 2.41. The smallest absolute Gasteiger partial charge is 0.225 e. The van der Waals surface area contributed by atoms with E-state index in [-0.39, 0.29) is 18.0 Å². The quantitative estimate of drug-likeness (QED) is 0.927. The normalized spacial score (nSPS) is 21.1. The van der Waals surface area contributed by atoms with Crippen LogP contribution >= 0.6 is 11.6 Å². The molecule has 3 rings (SSSR count). The van der Waals surface area contributed by atoms with E-state index in [1.165, 1.54) is 6.20 Å². The first-order valence-corrected chi connectivity index (χ1v) is 7.76. The summed E-state index contributed by atoms with van der Waals surface area (Å²) in [7, 11) is 3.73. The number of halogens is 1. The Bertz CT molecular complexity index is 758. The Morgan fingerprint density at radius 1 is 1.30 bits per heavy atom. The molecule has 0 aromatic carbocycles. The van der Waals surface area contributed by atoms with Crippen molar-refractivity contribution in [2.75, 3.05) is 12.4 Å². The number of likely N-dealkylation sites (N-methyl/N-ethyl adjacent to an activating group) is 1. The SMILES string of the molecule is Cc1nn(C)c(C)c1[C@@H]1[C@@H](Nc2cncc(Cl)n2)CC(=O)N1C. The van der Waals surface area contributed by atoms with Crippen LogP contribution in [-0.4, -0.2) is 43.6 Å². The van der Waals surface area contributed by atoms with E-state index in [0.717, 1.165) is 17.0 Å². The first-order valence-electron chi connectivity index (χ1n) is 7.38. The van der Waals surface area contributed by atoms with Gasteiger partial charge in [0.15, 0.2) is 0 Å². The first-order chi connectivity index (χ1) is 10.9. The fourth-order valence-electron chi connectivity index (χ4n) is 3.21. The van der Waals surface area contributed by atoms with E-state index in [1.807, 2.05) is 32.6 Å². The van der Waals surface area contributed by atoms with E-state index in [1.54, 1.807) is 11.1 Å². The lowest BCUT2D eigenvalue weighted by Gasteiger charge is -2.26. The number of carbonyl (C=O) groups excluding carboxylic acids is 1. The Morgan fingerprint density at radius 2 is 2.04 bits per heavy atom. The van der Waals surface area contributed by atoms with Crippen LogP contribution in [0, 0.1) is 13.8 Å². The van der Waals surface area contributed by atoms with Gasteiger partial charge in [-0.1, -0.05) is 11.6 Å². The molecule has 1 saturated heterocycles. The van der Waals surface area contributed by atoms with Crippen molar-refractivity contribution in [1.82, 2.24) is 24.6 Å². The van der Waals surface area contributed by atoms with E-state index in [9.17, 15) is 4.79 Å². The minimum absolute atomic E-state index is 0.0881. The lowest BCUT2D eigenvalue weighted by atomic mass is 9.98. The molecule has 1 aliphatic rings. The monoisotopic (exact) mass is 334 g/mol. The van der Waals surface area contributed by atoms with Crippen molar-refractivity contribution in [2.24, 2.45) is 7.05 Å². The molecular formula is C15H19ClN6O. The first kappa shape index (κ1) is 15.7. The summed E-state index contributed by atoms with van der Waals surface area (Å²) in [5.41, 5.74) is 3.06. The van der Waals surface area contributed by atoms with Crippen molar-refractivity contribution >= 4 is 23.3 Å². The van der Waals surface area contributed by atoms with Crippen molar-refractivity contribution in [1.29, 1.82) is 0 Å². The number of rotatable bonds is 3. The van der Waals surface area contributed by atoms with Crippen LogP contribution in [0.25, 0.3) is 0 Å². The molecule has 8 heteroatoms. The zero-order valence-electron chi connectivity index (χ0n) is 13.5. The van der Waals surface area contributed by atoms with Gasteiger partial charge in [-0.3, -0.25) is 14.5 Å². The average Bonchev–Trinajstić information content (AvgIpc) is 2.88. The van der Waals surface area contributed by atoms with Crippen LogP contribution in [0.5, 0.6) is 0 Å². The maximum absolute atomic E-state index is 12.3. The van der Waals surface area contributed by atoms with Gasteiger partial charge < -0.3 is 10.2 Å². The Morgan fingerprint density at radius 3 is 2.65 bits per heavy atom. The minimum Gasteiger partial charge on any atom is -0.363 e. The van der Waals surface area contributed by atoms with E-state index >= 15 is 0 Å². The summed E-state index contributed by atoms with van der Waals surface area (Å²) >= 11 is 5.89. The molecule has 2 aromatic heterocycles. The van der Waals surface area contributed by atoms with Gasteiger partial charge in [-0.2, -0.15) is 5.10 Å². The molecule has 3 heterocycles. The van der Waals surface area contributed by atoms with Gasteiger partial charge in [0.2, 0.25) is 5.91 Å². The zero-order chi connectivity index (χ0) is 16.7. The van der Waals surface area contributed by atoms with E-state index < -0.39 is 0 Å². The third-order valence-corrected chi connectivity index (χ3v) is 4.57. The fourth-order valence-corrected chi connectivity index (χ4v) is 3.36. The average molecular weight is 335 g/mol. The number of likely N-dealkylation sites (tertiary alicyclic amines) is 1. The van der Waals surface area contributed by atoms with E-state index in [0.29, 0.717) is 17.4 Å². The number of amides is 1. The van der Waals surface area contributed by atoms with Gasteiger partial charge in [0, 0.05) is 31.8 Å². The van der Waals surface area contributed by atoms with Gasteiger partial charge in [-0.05, 0) is 13.8 Å². The third-order valence-electron chi connectivity index (χ3n) is 4.39. The van der Waals surface area contributed by atoms with Crippen LogP contribution < -0.4 is 5.32 Å². The van der Waals surface area contributed by atoms with Crippen molar-refractivity contribution in [2.45, 2.75) is 32.4 Å². The van der Waals surface area contributed by atoms with E-state index in [4.69, 9.17) is 11.6 Å². The molecule has 0 saturated carbocycles. The summed E-state index contributed by atoms with van der Waals surface area (Å²) in [5.74, 6) is 0.653. The summed E-state index contributed by atoms with van der Waals surface area (Å²) in [6.45, 7) is 3.98. The van der Waals surface area contributed by atoms with Gasteiger partial charge in [0.1, 0.15) is 11.0 Å². The number of nitrogens with zero attached hydrogens (tertiary/aromatic N) is 5. The summed E-state index contributed by atoms with van der Waals surface area (Å²) in [6.07, 6.45) is 3.48. The molecule has 0 spiro atoms. The molecule has 0 aliphatic carbocycles. The number of aryl methyl sites for hydroxylation is 2. The third kappa shape index (κ3) is 2.76. The molecule has 2 aromatic rings. The predicted octanol–water partition coefficient (Wildman–Crippen LogP) is 1.86.